The van der Waals surface area contributed by atoms with Crippen molar-refractivity contribution < 1.29 is 9.69 Å². The molecule has 1 amide bonds. The number of amides is 1. The maximum absolute atomic E-state index is 12.2. The molecule has 1 aliphatic heterocycles. The van der Waals surface area contributed by atoms with Gasteiger partial charge in [0.1, 0.15) is 0 Å². The van der Waals surface area contributed by atoms with Gasteiger partial charge in [0.2, 0.25) is 0 Å². The van der Waals surface area contributed by atoms with Crippen LogP contribution < -0.4 is 10.2 Å². The van der Waals surface area contributed by atoms with E-state index in [1.807, 2.05) is 32.0 Å². The minimum atomic E-state index is 0.00545. The quantitative estimate of drug-likeness (QED) is 0.858. The number of quaternary nitrogens is 1. The third-order valence-electron chi connectivity index (χ3n) is 3.78. The zero-order chi connectivity index (χ0) is 13.1. The smallest absolute Gasteiger partial charge is 0.282 e. The fourth-order valence-corrected chi connectivity index (χ4v) is 2.61. The van der Waals surface area contributed by atoms with Gasteiger partial charge in [0.15, 0.2) is 6.04 Å². The molecule has 0 aromatic heterocycles. The summed E-state index contributed by atoms with van der Waals surface area (Å²) in [6.07, 6.45) is 2.45. The number of hydrogen-bond donors (Lipinski definition) is 2. The van der Waals surface area contributed by atoms with Crippen LogP contribution in [0.1, 0.15) is 25.3 Å². The van der Waals surface area contributed by atoms with E-state index in [0.717, 1.165) is 24.3 Å². The minimum Gasteiger partial charge on any atom is -0.325 e. The molecule has 0 spiro atoms. The van der Waals surface area contributed by atoms with Crippen molar-refractivity contribution in [1.82, 2.24) is 0 Å². The monoisotopic (exact) mass is 267 g/mol. The van der Waals surface area contributed by atoms with Gasteiger partial charge >= 0.3 is 0 Å². The van der Waals surface area contributed by atoms with E-state index >= 15 is 0 Å². The average molecular weight is 268 g/mol. The molecule has 3 nitrogen and oxygen atoms in total. The first kappa shape index (κ1) is 13.4. The average Bonchev–Trinajstić information content (AvgIpc) is 2.87. The molecule has 0 unspecified atom stereocenters. The third-order valence-corrected chi connectivity index (χ3v) is 4.19. The maximum atomic E-state index is 12.2. The molecule has 4 heteroatoms. The number of nitrogens with one attached hydrogen (secondary N) is 2. The lowest BCUT2D eigenvalue weighted by molar-refractivity contribution is -0.901. The van der Waals surface area contributed by atoms with Gasteiger partial charge in [-0.1, -0.05) is 17.7 Å². The molecule has 0 bridgehead atoms. The normalized spacial score (nSPS) is 17.7. The Kier molecular flexibility index (Phi) is 4.25. The van der Waals surface area contributed by atoms with Crippen LogP contribution in [-0.4, -0.2) is 25.0 Å². The predicted octanol–water partition coefficient (Wildman–Crippen LogP) is 1.65. The summed E-state index contributed by atoms with van der Waals surface area (Å²) < 4.78 is 0. The lowest BCUT2D eigenvalue weighted by atomic mass is 10.2. The van der Waals surface area contributed by atoms with Gasteiger partial charge in [0.05, 0.1) is 13.1 Å². The highest BCUT2D eigenvalue weighted by atomic mass is 35.5. The highest BCUT2D eigenvalue weighted by Crippen LogP contribution is 2.22. The van der Waals surface area contributed by atoms with Crippen molar-refractivity contribution >= 4 is 23.2 Å². The number of benzene rings is 1. The second kappa shape index (κ2) is 5.72. The number of carbonyl (C=O) groups excluding carboxylic acids is 1. The van der Waals surface area contributed by atoms with E-state index in [1.54, 1.807) is 0 Å². The van der Waals surface area contributed by atoms with Crippen molar-refractivity contribution in [3.8, 4) is 0 Å². The van der Waals surface area contributed by atoms with Crippen LogP contribution in [0.15, 0.2) is 18.2 Å². The van der Waals surface area contributed by atoms with Crippen molar-refractivity contribution in [3.05, 3.63) is 28.8 Å². The standard InChI is InChI=1S/C14H19ClN2O/c1-10-12(15)6-5-7-13(10)16-14(18)11(2)17-8-3-4-9-17/h5-7,11H,3-4,8-9H2,1-2H3,(H,16,18)/p+1/t11-/m1/s1. The number of rotatable bonds is 3. The first-order chi connectivity index (χ1) is 8.59. The van der Waals surface area contributed by atoms with Crippen LogP contribution >= 0.6 is 11.6 Å². The van der Waals surface area contributed by atoms with E-state index < -0.39 is 0 Å². The Balaban J connectivity index is 2.04. The van der Waals surface area contributed by atoms with E-state index in [1.165, 1.54) is 17.7 Å². The second-order valence-electron chi connectivity index (χ2n) is 4.99. The Morgan fingerprint density at radius 1 is 1.39 bits per heavy atom. The summed E-state index contributed by atoms with van der Waals surface area (Å²) in [4.78, 5) is 13.6. The van der Waals surface area contributed by atoms with Crippen molar-refractivity contribution in [3.63, 3.8) is 0 Å². The number of carbonyl (C=O) groups is 1. The molecule has 98 valence electrons. The SMILES string of the molecule is Cc1c(Cl)cccc1NC(=O)[C@@H](C)[NH+]1CCCC1. The molecule has 1 fully saturated rings. The minimum absolute atomic E-state index is 0.00545. The summed E-state index contributed by atoms with van der Waals surface area (Å²) in [7, 11) is 0. The predicted molar refractivity (Wildman–Crippen MR) is 74.2 cm³/mol. The molecule has 0 radical (unpaired) electrons. The Hall–Kier alpha value is -1.06. The fourth-order valence-electron chi connectivity index (χ4n) is 2.43. The summed E-state index contributed by atoms with van der Waals surface area (Å²) >= 11 is 6.05. The molecule has 1 aromatic carbocycles. The van der Waals surface area contributed by atoms with Gasteiger partial charge in [0.25, 0.3) is 5.91 Å². The van der Waals surface area contributed by atoms with Crippen LogP contribution in [0.25, 0.3) is 0 Å². The molecule has 0 aliphatic carbocycles. The molecule has 2 N–H and O–H groups in total. The van der Waals surface area contributed by atoms with Gasteiger partial charge in [-0.3, -0.25) is 4.79 Å². The van der Waals surface area contributed by atoms with E-state index in [4.69, 9.17) is 11.6 Å². The van der Waals surface area contributed by atoms with Gasteiger partial charge in [0, 0.05) is 23.6 Å². The van der Waals surface area contributed by atoms with Crippen LogP contribution in [0.2, 0.25) is 5.02 Å². The van der Waals surface area contributed by atoms with Crippen molar-refractivity contribution in [2.45, 2.75) is 32.7 Å². The largest absolute Gasteiger partial charge is 0.325 e. The summed E-state index contributed by atoms with van der Waals surface area (Å²) in [6, 6.07) is 5.59. The molecular formula is C14H20ClN2O+. The Morgan fingerprint density at radius 3 is 2.72 bits per heavy atom. The first-order valence-electron chi connectivity index (χ1n) is 6.50. The third kappa shape index (κ3) is 2.85. The number of anilines is 1. The molecular weight excluding hydrogens is 248 g/mol. The Bertz CT molecular complexity index is 441. The fraction of sp³-hybridized carbons (Fsp3) is 0.500. The highest BCUT2D eigenvalue weighted by molar-refractivity contribution is 6.31. The second-order valence-corrected chi connectivity index (χ2v) is 5.40. The van der Waals surface area contributed by atoms with Crippen molar-refractivity contribution in [1.29, 1.82) is 0 Å². The summed E-state index contributed by atoms with van der Waals surface area (Å²) in [5.74, 6) is 0.0808. The van der Waals surface area contributed by atoms with Gasteiger partial charge in [-0.05, 0) is 31.5 Å². The van der Waals surface area contributed by atoms with Crippen molar-refractivity contribution in [2.75, 3.05) is 18.4 Å². The molecule has 1 saturated heterocycles. The molecule has 1 aromatic rings. The van der Waals surface area contributed by atoms with Crippen LogP contribution in [0.5, 0.6) is 0 Å². The lowest BCUT2D eigenvalue weighted by Crippen LogP contribution is -3.14. The molecule has 0 saturated carbocycles. The van der Waals surface area contributed by atoms with E-state index in [-0.39, 0.29) is 11.9 Å². The van der Waals surface area contributed by atoms with E-state index in [0.29, 0.717) is 5.02 Å². The van der Waals surface area contributed by atoms with Crippen LogP contribution in [-0.2, 0) is 4.79 Å². The van der Waals surface area contributed by atoms with Crippen molar-refractivity contribution in [2.24, 2.45) is 0 Å². The van der Waals surface area contributed by atoms with Crippen LogP contribution in [0.3, 0.4) is 0 Å². The highest BCUT2D eigenvalue weighted by Gasteiger charge is 2.28. The molecule has 1 heterocycles. The first-order valence-corrected chi connectivity index (χ1v) is 6.88. The van der Waals surface area contributed by atoms with Crippen LogP contribution in [0.4, 0.5) is 5.69 Å². The maximum Gasteiger partial charge on any atom is 0.282 e. The number of likely N-dealkylation sites (tertiary alicyclic amines) is 1. The van der Waals surface area contributed by atoms with Gasteiger partial charge < -0.3 is 10.2 Å². The van der Waals surface area contributed by atoms with E-state index in [2.05, 4.69) is 5.32 Å². The lowest BCUT2D eigenvalue weighted by Gasteiger charge is -2.20. The Morgan fingerprint density at radius 2 is 2.06 bits per heavy atom. The molecule has 2 rings (SSSR count). The zero-order valence-corrected chi connectivity index (χ0v) is 11.7. The zero-order valence-electron chi connectivity index (χ0n) is 10.9. The van der Waals surface area contributed by atoms with Gasteiger partial charge in [-0.2, -0.15) is 0 Å². The summed E-state index contributed by atoms with van der Waals surface area (Å²) in [6.45, 7) is 6.12. The molecule has 18 heavy (non-hydrogen) atoms. The van der Waals surface area contributed by atoms with Crippen LogP contribution in [0, 0.1) is 6.92 Å². The van der Waals surface area contributed by atoms with E-state index in [9.17, 15) is 4.79 Å². The molecule has 1 atom stereocenters. The number of hydrogen-bond acceptors (Lipinski definition) is 1. The summed E-state index contributed by atoms with van der Waals surface area (Å²) in [5, 5.41) is 3.67. The topological polar surface area (TPSA) is 33.5 Å². The number of halogens is 1. The summed E-state index contributed by atoms with van der Waals surface area (Å²) in [5.41, 5.74) is 1.74. The Labute approximate surface area is 113 Å². The van der Waals surface area contributed by atoms with Gasteiger partial charge in [-0.15, -0.1) is 0 Å². The van der Waals surface area contributed by atoms with Gasteiger partial charge in [-0.25, -0.2) is 0 Å². The molecule has 1 aliphatic rings.